The summed E-state index contributed by atoms with van der Waals surface area (Å²) in [6.45, 7) is 8.69. The molecule has 0 unspecified atom stereocenters. The molecule has 4 heteroatoms. The Morgan fingerprint density at radius 1 is 1.00 bits per heavy atom. The van der Waals surface area contributed by atoms with E-state index in [0.717, 1.165) is 29.2 Å². The fourth-order valence-electron chi connectivity index (χ4n) is 2.20. The van der Waals surface area contributed by atoms with Gasteiger partial charge in [0.15, 0.2) is 5.65 Å². The van der Waals surface area contributed by atoms with Crippen molar-refractivity contribution in [3.05, 3.63) is 53.7 Å². The first-order valence-electron chi connectivity index (χ1n) is 6.94. The average Bonchev–Trinajstić information content (AvgIpc) is 2.85. The van der Waals surface area contributed by atoms with E-state index in [1.165, 1.54) is 5.56 Å². The van der Waals surface area contributed by atoms with Gasteiger partial charge in [0.2, 0.25) is 0 Å². The Morgan fingerprint density at radius 3 is 2.40 bits per heavy atom. The van der Waals surface area contributed by atoms with E-state index < -0.39 is 0 Å². The maximum Gasteiger partial charge on any atom is 0.181 e. The van der Waals surface area contributed by atoms with E-state index >= 15 is 0 Å². The number of fused-ring (bicyclic) bond motifs is 1. The van der Waals surface area contributed by atoms with Crippen LogP contribution >= 0.6 is 0 Å². The first-order valence-corrected chi connectivity index (χ1v) is 6.94. The molecule has 0 radical (unpaired) electrons. The SMILES string of the molecule is CC.Cc1nc(C)c2c(ncn2Cc2ccccc2)n1. The van der Waals surface area contributed by atoms with Crippen LogP contribution in [0.5, 0.6) is 0 Å². The Hall–Kier alpha value is -2.23. The standard InChI is InChI=1S/C14H14N4.C2H6/c1-10-13-14(17-11(2)16-10)15-9-18(13)8-12-6-4-3-5-7-12;1-2/h3-7,9H,8H2,1-2H3;1-2H3. The predicted octanol–water partition coefficient (Wildman–Crippen LogP) is 3.52. The normalized spacial score (nSPS) is 10.2. The van der Waals surface area contributed by atoms with E-state index in [1.807, 2.05) is 52.2 Å². The van der Waals surface area contributed by atoms with Crippen LogP contribution in [0.2, 0.25) is 0 Å². The Bertz CT molecular complexity index is 686. The van der Waals surface area contributed by atoms with Gasteiger partial charge in [0.05, 0.1) is 12.0 Å². The fourth-order valence-corrected chi connectivity index (χ4v) is 2.20. The molecule has 0 N–H and O–H groups in total. The molecule has 2 aromatic heterocycles. The van der Waals surface area contributed by atoms with Gasteiger partial charge in [0.1, 0.15) is 11.3 Å². The summed E-state index contributed by atoms with van der Waals surface area (Å²) in [5, 5.41) is 0. The van der Waals surface area contributed by atoms with Gasteiger partial charge < -0.3 is 4.57 Å². The number of hydrogen-bond acceptors (Lipinski definition) is 3. The van der Waals surface area contributed by atoms with E-state index in [9.17, 15) is 0 Å². The van der Waals surface area contributed by atoms with Gasteiger partial charge >= 0.3 is 0 Å². The monoisotopic (exact) mass is 268 g/mol. The van der Waals surface area contributed by atoms with Crippen molar-refractivity contribution in [2.45, 2.75) is 34.2 Å². The molecule has 4 nitrogen and oxygen atoms in total. The zero-order valence-electron chi connectivity index (χ0n) is 12.5. The van der Waals surface area contributed by atoms with E-state index in [2.05, 4.69) is 31.7 Å². The maximum absolute atomic E-state index is 4.40. The van der Waals surface area contributed by atoms with Crippen LogP contribution < -0.4 is 0 Å². The van der Waals surface area contributed by atoms with Crippen molar-refractivity contribution < 1.29 is 0 Å². The molecule has 0 bridgehead atoms. The summed E-state index contributed by atoms with van der Waals surface area (Å²) in [7, 11) is 0. The number of nitrogens with zero attached hydrogens (tertiary/aromatic N) is 4. The second kappa shape index (κ2) is 6.28. The van der Waals surface area contributed by atoms with Crippen LogP contribution in [0.3, 0.4) is 0 Å². The van der Waals surface area contributed by atoms with Gasteiger partial charge in [-0.25, -0.2) is 15.0 Å². The predicted molar refractivity (Wildman–Crippen MR) is 81.7 cm³/mol. The maximum atomic E-state index is 4.40. The highest BCUT2D eigenvalue weighted by atomic mass is 15.1. The van der Waals surface area contributed by atoms with Crippen molar-refractivity contribution in [2.24, 2.45) is 0 Å². The molecule has 0 spiro atoms. The van der Waals surface area contributed by atoms with Gasteiger partial charge in [-0.1, -0.05) is 44.2 Å². The molecular weight excluding hydrogens is 248 g/mol. The fraction of sp³-hybridized carbons (Fsp3) is 0.312. The van der Waals surface area contributed by atoms with Crippen molar-refractivity contribution in [1.82, 2.24) is 19.5 Å². The van der Waals surface area contributed by atoms with Gasteiger partial charge in [-0.2, -0.15) is 0 Å². The molecule has 2 heterocycles. The minimum atomic E-state index is 0.768. The van der Waals surface area contributed by atoms with Crippen molar-refractivity contribution in [2.75, 3.05) is 0 Å². The van der Waals surface area contributed by atoms with E-state index in [4.69, 9.17) is 0 Å². The summed E-state index contributed by atoms with van der Waals surface area (Å²) < 4.78 is 2.10. The van der Waals surface area contributed by atoms with Crippen molar-refractivity contribution in [3.63, 3.8) is 0 Å². The Labute approximate surface area is 119 Å². The lowest BCUT2D eigenvalue weighted by Gasteiger charge is -2.06. The number of benzene rings is 1. The van der Waals surface area contributed by atoms with E-state index in [0.29, 0.717) is 0 Å². The van der Waals surface area contributed by atoms with Crippen LogP contribution in [-0.2, 0) is 6.54 Å². The zero-order chi connectivity index (χ0) is 14.5. The zero-order valence-corrected chi connectivity index (χ0v) is 12.5. The Balaban J connectivity index is 0.000000704. The molecule has 0 fully saturated rings. The highest BCUT2D eigenvalue weighted by Gasteiger charge is 2.09. The number of imidazole rings is 1. The van der Waals surface area contributed by atoms with Gasteiger partial charge in [-0.3, -0.25) is 0 Å². The second-order valence-electron chi connectivity index (χ2n) is 4.39. The molecular formula is C16H20N4. The third-order valence-corrected chi connectivity index (χ3v) is 2.95. The first-order chi connectivity index (χ1) is 9.74. The molecule has 0 aliphatic carbocycles. The van der Waals surface area contributed by atoms with Crippen LogP contribution in [0, 0.1) is 13.8 Å². The lowest BCUT2D eigenvalue weighted by atomic mass is 10.2. The van der Waals surface area contributed by atoms with E-state index in [1.54, 1.807) is 0 Å². The summed E-state index contributed by atoms with van der Waals surface area (Å²) >= 11 is 0. The van der Waals surface area contributed by atoms with E-state index in [-0.39, 0.29) is 0 Å². The molecule has 0 atom stereocenters. The molecule has 20 heavy (non-hydrogen) atoms. The topological polar surface area (TPSA) is 43.6 Å². The molecule has 104 valence electrons. The first kappa shape index (κ1) is 14.2. The molecule has 3 rings (SSSR count). The summed E-state index contributed by atoms with van der Waals surface area (Å²) in [6.07, 6.45) is 1.83. The van der Waals surface area contributed by atoms with Gasteiger partial charge in [-0.05, 0) is 19.4 Å². The average molecular weight is 268 g/mol. The number of aryl methyl sites for hydroxylation is 2. The van der Waals surface area contributed by atoms with Gasteiger partial charge in [0, 0.05) is 6.54 Å². The summed E-state index contributed by atoms with van der Waals surface area (Å²) in [5.41, 5.74) is 4.02. The lowest BCUT2D eigenvalue weighted by molar-refractivity contribution is 0.818. The third kappa shape index (κ3) is 2.85. The molecule has 0 saturated heterocycles. The lowest BCUT2D eigenvalue weighted by Crippen LogP contribution is -2.01. The minimum Gasteiger partial charge on any atom is -0.323 e. The van der Waals surface area contributed by atoms with Gasteiger partial charge in [-0.15, -0.1) is 0 Å². The van der Waals surface area contributed by atoms with Crippen molar-refractivity contribution in [1.29, 1.82) is 0 Å². The van der Waals surface area contributed by atoms with Crippen LogP contribution in [0.4, 0.5) is 0 Å². The summed E-state index contributed by atoms with van der Waals surface area (Å²) in [4.78, 5) is 13.1. The van der Waals surface area contributed by atoms with Crippen LogP contribution in [-0.4, -0.2) is 19.5 Å². The Kier molecular flexibility index (Phi) is 4.45. The quantitative estimate of drug-likeness (QED) is 0.714. The number of hydrogen-bond donors (Lipinski definition) is 0. The Morgan fingerprint density at radius 2 is 1.70 bits per heavy atom. The molecule has 1 aromatic carbocycles. The van der Waals surface area contributed by atoms with Crippen LogP contribution in [0.1, 0.15) is 30.9 Å². The number of aromatic nitrogens is 4. The largest absolute Gasteiger partial charge is 0.323 e. The molecule has 0 amide bonds. The van der Waals surface area contributed by atoms with Crippen LogP contribution in [0.15, 0.2) is 36.7 Å². The highest BCUT2D eigenvalue weighted by molar-refractivity contribution is 5.73. The smallest absolute Gasteiger partial charge is 0.181 e. The van der Waals surface area contributed by atoms with Crippen molar-refractivity contribution in [3.8, 4) is 0 Å². The van der Waals surface area contributed by atoms with Gasteiger partial charge in [0.25, 0.3) is 0 Å². The molecule has 3 aromatic rings. The molecule has 0 aliphatic heterocycles. The minimum absolute atomic E-state index is 0.768. The molecule has 0 saturated carbocycles. The second-order valence-corrected chi connectivity index (χ2v) is 4.39. The highest BCUT2D eigenvalue weighted by Crippen LogP contribution is 2.15. The van der Waals surface area contributed by atoms with Crippen LogP contribution in [0.25, 0.3) is 11.2 Å². The number of rotatable bonds is 2. The summed E-state index contributed by atoms with van der Waals surface area (Å²) in [6, 6.07) is 10.3. The third-order valence-electron chi connectivity index (χ3n) is 2.95. The summed E-state index contributed by atoms with van der Waals surface area (Å²) in [5.74, 6) is 0.768. The van der Waals surface area contributed by atoms with Crippen molar-refractivity contribution >= 4 is 11.2 Å². The molecule has 0 aliphatic rings.